The molecule has 6 nitrogen and oxygen atoms in total. The van der Waals surface area contributed by atoms with Gasteiger partial charge >= 0.3 is 17.9 Å². The number of carbonyl (C=O) groups excluding carboxylic acids is 3. The maximum Gasteiger partial charge on any atom is 0.306 e. The average molecular weight is 956 g/mol. The van der Waals surface area contributed by atoms with Gasteiger partial charge in [0.25, 0.3) is 0 Å². The lowest BCUT2D eigenvalue weighted by atomic mass is 10.0. The van der Waals surface area contributed by atoms with E-state index in [0.29, 0.717) is 19.3 Å². The Hall–Kier alpha value is -2.37. The number of ether oxygens (including phenoxy) is 3. The molecule has 0 radical (unpaired) electrons. The molecule has 398 valence electrons. The SMILES string of the molecule is CCCCCC/C=C\CCCCCCCC(=O)OC(COC(=O)CCCCCCCCCCCCCC)COC(=O)CCCCCCCCCCCCCCC/C=C\C/C=C\CCCCCCC. The highest BCUT2D eigenvalue weighted by molar-refractivity contribution is 5.71. The van der Waals surface area contributed by atoms with Crippen LogP contribution in [0.5, 0.6) is 0 Å². The summed E-state index contributed by atoms with van der Waals surface area (Å²) in [5, 5.41) is 0. The van der Waals surface area contributed by atoms with Crippen molar-refractivity contribution in [2.75, 3.05) is 13.2 Å². The van der Waals surface area contributed by atoms with Crippen LogP contribution in [0.2, 0.25) is 0 Å². The van der Waals surface area contributed by atoms with Gasteiger partial charge in [-0.1, -0.05) is 263 Å². The van der Waals surface area contributed by atoms with Crippen molar-refractivity contribution in [2.45, 2.75) is 329 Å². The maximum absolute atomic E-state index is 12.8. The zero-order valence-electron chi connectivity index (χ0n) is 45.6. The van der Waals surface area contributed by atoms with Gasteiger partial charge < -0.3 is 14.2 Å². The number of unbranched alkanes of at least 4 members (excludes halogenated alkanes) is 38. The van der Waals surface area contributed by atoms with Gasteiger partial charge in [-0.3, -0.25) is 14.4 Å². The summed E-state index contributed by atoms with van der Waals surface area (Å²) in [5.41, 5.74) is 0. The van der Waals surface area contributed by atoms with E-state index in [1.807, 2.05) is 0 Å². The zero-order chi connectivity index (χ0) is 49.3. The number of carbonyl (C=O) groups is 3. The van der Waals surface area contributed by atoms with Crippen molar-refractivity contribution in [3.63, 3.8) is 0 Å². The van der Waals surface area contributed by atoms with E-state index in [1.54, 1.807) is 0 Å². The molecule has 0 aliphatic rings. The van der Waals surface area contributed by atoms with E-state index in [1.165, 1.54) is 212 Å². The molecule has 0 aromatic rings. The number of esters is 3. The van der Waals surface area contributed by atoms with E-state index >= 15 is 0 Å². The van der Waals surface area contributed by atoms with Crippen molar-refractivity contribution in [1.82, 2.24) is 0 Å². The van der Waals surface area contributed by atoms with E-state index in [-0.39, 0.29) is 31.1 Å². The first kappa shape index (κ1) is 65.6. The molecule has 6 heteroatoms. The lowest BCUT2D eigenvalue weighted by molar-refractivity contribution is -0.167. The van der Waals surface area contributed by atoms with E-state index in [0.717, 1.165) is 70.6 Å². The third-order valence-electron chi connectivity index (χ3n) is 13.4. The van der Waals surface area contributed by atoms with Crippen LogP contribution < -0.4 is 0 Å². The second kappa shape index (κ2) is 57.2. The lowest BCUT2D eigenvalue weighted by Crippen LogP contribution is -2.30. The molecule has 0 bridgehead atoms. The van der Waals surface area contributed by atoms with Gasteiger partial charge in [0.2, 0.25) is 0 Å². The Morgan fingerprint density at radius 3 is 0.838 bits per heavy atom. The molecule has 0 saturated carbocycles. The standard InChI is InChI=1S/C62H114O6/c1-4-7-10-13-16-19-22-25-26-27-28-29-30-31-32-33-34-35-36-38-40-43-46-49-52-55-61(64)67-58-59(57-66-60(63)54-51-48-45-42-39-24-21-18-15-12-9-6-3)68-62(65)56-53-50-47-44-41-37-23-20-17-14-11-8-5-2/h20,22-23,25,27-28,59H,4-19,21,24,26,29-58H2,1-3H3/b23-20-,25-22-,28-27-. The Bertz CT molecular complexity index is 1140. The first-order valence-corrected chi connectivity index (χ1v) is 30.0. The Labute approximate surface area is 423 Å². The fourth-order valence-electron chi connectivity index (χ4n) is 8.82. The summed E-state index contributed by atoms with van der Waals surface area (Å²) < 4.78 is 16.9. The predicted molar refractivity (Wildman–Crippen MR) is 293 cm³/mol. The quantitative estimate of drug-likeness (QED) is 0.0262. The number of hydrogen-bond acceptors (Lipinski definition) is 6. The van der Waals surface area contributed by atoms with Crippen LogP contribution in [-0.2, 0) is 28.6 Å². The third-order valence-corrected chi connectivity index (χ3v) is 13.4. The van der Waals surface area contributed by atoms with Crippen LogP contribution in [0.3, 0.4) is 0 Å². The zero-order valence-corrected chi connectivity index (χ0v) is 45.6. The summed E-state index contributed by atoms with van der Waals surface area (Å²) in [5.74, 6) is -0.864. The minimum Gasteiger partial charge on any atom is -0.462 e. The number of allylic oxidation sites excluding steroid dienone is 6. The van der Waals surface area contributed by atoms with Crippen molar-refractivity contribution < 1.29 is 28.6 Å². The molecule has 0 aliphatic heterocycles. The van der Waals surface area contributed by atoms with E-state index in [9.17, 15) is 14.4 Å². The molecule has 1 atom stereocenters. The van der Waals surface area contributed by atoms with Crippen molar-refractivity contribution >= 4 is 17.9 Å². The molecule has 0 N–H and O–H groups in total. The summed E-state index contributed by atoms with van der Waals surface area (Å²) in [6.07, 6.45) is 68.6. The van der Waals surface area contributed by atoms with Gasteiger partial charge in [-0.15, -0.1) is 0 Å². The Balaban J connectivity index is 4.21. The minimum absolute atomic E-state index is 0.0716. The van der Waals surface area contributed by atoms with Crippen LogP contribution in [0.1, 0.15) is 323 Å². The first-order valence-electron chi connectivity index (χ1n) is 30.0. The van der Waals surface area contributed by atoms with Crippen molar-refractivity contribution in [1.29, 1.82) is 0 Å². The second-order valence-electron chi connectivity index (χ2n) is 20.3. The minimum atomic E-state index is -0.773. The monoisotopic (exact) mass is 955 g/mol. The number of rotatable bonds is 55. The molecule has 0 heterocycles. The van der Waals surface area contributed by atoms with Crippen LogP contribution in [0.4, 0.5) is 0 Å². The lowest BCUT2D eigenvalue weighted by Gasteiger charge is -2.18. The average Bonchev–Trinajstić information content (AvgIpc) is 3.34. The molecule has 1 unspecified atom stereocenters. The molecule has 0 spiro atoms. The summed E-state index contributed by atoms with van der Waals surface area (Å²) in [4.78, 5) is 38.1. The predicted octanol–water partition coefficient (Wildman–Crippen LogP) is 20.0. The second-order valence-corrected chi connectivity index (χ2v) is 20.3. The van der Waals surface area contributed by atoms with Gasteiger partial charge in [0.1, 0.15) is 13.2 Å². The highest BCUT2D eigenvalue weighted by atomic mass is 16.6. The van der Waals surface area contributed by atoms with Crippen molar-refractivity contribution in [3.8, 4) is 0 Å². The fourth-order valence-corrected chi connectivity index (χ4v) is 8.82. The van der Waals surface area contributed by atoms with Gasteiger partial charge in [-0.05, 0) is 77.0 Å². The van der Waals surface area contributed by atoms with Crippen LogP contribution in [0.15, 0.2) is 36.5 Å². The van der Waals surface area contributed by atoms with Crippen molar-refractivity contribution in [3.05, 3.63) is 36.5 Å². The number of hydrogen-bond donors (Lipinski definition) is 0. The van der Waals surface area contributed by atoms with Gasteiger partial charge in [0.15, 0.2) is 6.10 Å². The summed E-state index contributed by atoms with van der Waals surface area (Å²) >= 11 is 0. The van der Waals surface area contributed by atoms with Gasteiger partial charge in [-0.25, -0.2) is 0 Å². The smallest absolute Gasteiger partial charge is 0.306 e. The summed E-state index contributed by atoms with van der Waals surface area (Å²) in [6.45, 7) is 6.64. The normalized spacial score (nSPS) is 12.2. The van der Waals surface area contributed by atoms with Gasteiger partial charge in [0.05, 0.1) is 0 Å². The molecular formula is C62H114O6. The van der Waals surface area contributed by atoms with Crippen LogP contribution >= 0.6 is 0 Å². The summed E-state index contributed by atoms with van der Waals surface area (Å²) in [6, 6.07) is 0. The third kappa shape index (κ3) is 54.6. The molecule has 0 rings (SSSR count). The van der Waals surface area contributed by atoms with Crippen LogP contribution in [0.25, 0.3) is 0 Å². The topological polar surface area (TPSA) is 78.9 Å². The Morgan fingerprint density at radius 1 is 0.294 bits per heavy atom. The van der Waals surface area contributed by atoms with E-state index in [2.05, 4.69) is 57.2 Å². The maximum atomic E-state index is 12.8. The van der Waals surface area contributed by atoms with E-state index < -0.39 is 6.10 Å². The fraction of sp³-hybridized carbons (Fsp3) is 0.855. The van der Waals surface area contributed by atoms with Gasteiger partial charge in [-0.2, -0.15) is 0 Å². The Kier molecular flexibility index (Phi) is 55.2. The van der Waals surface area contributed by atoms with Crippen LogP contribution in [-0.4, -0.2) is 37.2 Å². The largest absolute Gasteiger partial charge is 0.462 e. The summed E-state index contributed by atoms with van der Waals surface area (Å²) in [7, 11) is 0. The molecule has 0 aliphatic carbocycles. The molecular weight excluding hydrogens is 841 g/mol. The molecule has 68 heavy (non-hydrogen) atoms. The van der Waals surface area contributed by atoms with Crippen LogP contribution in [0, 0.1) is 0 Å². The molecule has 0 aromatic heterocycles. The molecule has 0 aromatic carbocycles. The first-order chi connectivity index (χ1) is 33.5. The highest BCUT2D eigenvalue weighted by Crippen LogP contribution is 2.16. The molecule has 0 saturated heterocycles. The van der Waals surface area contributed by atoms with E-state index in [4.69, 9.17) is 14.2 Å². The molecule has 0 fully saturated rings. The highest BCUT2D eigenvalue weighted by Gasteiger charge is 2.19. The molecule has 0 amide bonds. The van der Waals surface area contributed by atoms with Gasteiger partial charge in [0, 0.05) is 19.3 Å². The van der Waals surface area contributed by atoms with Crippen molar-refractivity contribution in [2.24, 2.45) is 0 Å². The Morgan fingerprint density at radius 2 is 0.529 bits per heavy atom.